The van der Waals surface area contributed by atoms with Crippen molar-refractivity contribution >= 4 is 39.1 Å². The second-order valence-electron chi connectivity index (χ2n) is 7.82. The molecule has 4 rings (SSSR count). The van der Waals surface area contributed by atoms with Gasteiger partial charge in [-0.05, 0) is 57.2 Å². The lowest BCUT2D eigenvalue weighted by molar-refractivity contribution is 0.249. The number of benzene rings is 1. The molecule has 1 saturated heterocycles. The van der Waals surface area contributed by atoms with E-state index in [0.29, 0.717) is 12.5 Å². The zero-order valence-corrected chi connectivity index (χ0v) is 18.0. The first-order valence-electron chi connectivity index (χ1n) is 10.1. The molecule has 0 aliphatic carbocycles. The van der Waals surface area contributed by atoms with E-state index in [0.717, 1.165) is 42.3 Å². The van der Waals surface area contributed by atoms with Crippen LogP contribution in [0.15, 0.2) is 30.6 Å². The summed E-state index contributed by atoms with van der Waals surface area (Å²) in [4.78, 5) is 26.0. The highest BCUT2D eigenvalue weighted by molar-refractivity contribution is 7.18. The summed E-state index contributed by atoms with van der Waals surface area (Å²) in [6.45, 7) is 8.87. The summed E-state index contributed by atoms with van der Waals surface area (Å²) < 4.78 is 0. The summed E-state index contributed by atoms with van der Waals surface area (Å²) in [6, 6.07) is 7.67. The predicted molar refractivity (Wildman–Crippen MR) is 120 cm³/mol. The van der Waals surface area contributed by atoms with Gasteiger partial charge in [0.15, 0.2) is 0 Å². The number of rotatable bonds is 4. The molecule has 3 heterocycles. The number of amides is 2. The fourth-order valence-electron chi connectivity index (χ4n) is 3.88. The van der Waals surface area contributed by atoms with Crippen LogP contribution in [0, 0.1) is 26.7 Å². The zero-order chi connectivity index (χ0) is 20.4. The van der Waals surface area contributed by atoms with Gasteiger partial charge in [0.25, 0.3) is 0 Å². The van der Waals surface area contributed by atoms with E-state index in [-0.39, 0.29) is 6.03 Å². The van der Waals surface area contributed by atoms with Crippen LogP contribution in [0.5, 0.6) is 0 Å². The Hall–Kier alpha value is -2.67. The van der Waals surface area contributed by atoms with Crippen molar-refractivity contribution in [2.45, 2.75) is 33.6 Å². The van der Waals surface area contributed by atoms with Crippen molar-refractivity contribution < 1.29 is 4.79 Å². The summed E-state index contributed by atoms with van der Waals surface area (Å²) in [5, 5.41) is 7.12. The Kier molecular flexibility index (Phi) is 5.67. The van der Waals surface area contributed by atoms with E-state index in [4.69, 9.17) is 0 Å². The molecule has 1 aliphatic heterocycles. The molecule has 0 unspecified atom stereocenters. The largest absolute Gasteiger partial charge is 0.356 e. The Balaban J connectivity index is 1.39. The Morgan fingerprint density at radius 2 is 2.00 bits per heavy atom. The van der Waals surface area contributed by atoms with E-state index in [2.05, 4.69) is 39.3 Å². The molecule has 0 bridgehead atoms. The molecule has 6 nitrogen and oxygen atoms in total. The molecule has 3 aromatic rings. The van der Waals surface area contributed by atoms with Crippen molar-refractivity contribution in [2.24, 2.45) is 5.92 Å². The van der Waals surface area contributed by atoms with E-state index >= 15 is 0 Å². The number of carbonyl (C=O) groups excluding carboxylic acids is 1. The Labute approximate surface area is 175 Å². The van der Waals surface area contributed by atoms with Crippen LogP contribution in [-0.2, 0) is 0 Å². The summed E-state index contributed by atoms with van der Waals surface area (Å²) >= 11 is 1.73. The topological polar surface area (TPSA) is 70.2 Å². The van der Waals surface area contributed by atoms with Gasteiger partial charge in [-0.1, -0.05) is 17.7 Å². The third kappa shape index (κ3) is 4.34. The Morgan fingerprint density at radius 3 is 2.79 bits per heavy atom. The lowest BCUT2D eigenvalue weighted by Gasteiger charge is -2.34. The van der Waals surface area contributed by atoms with Gasteiger partial charge in [-0.2, -0.15) is 0 Å². The number of urea groups is 1. The molecule has 0 spiro atoms. The van der Waals surface area contributed by atoms with Crippen LogP contribution in [0.4, 0.5) is 16.3 Å². The SMILES string of the molecule is Cc1ccc(NC(=O)NC[C@@H]2CCCN(c3ncnc4sc(C)c(C)c34)C2)cc1. The predicted octanol–water partition coefficient (Wildman–Crippen LogP) is 4.65. The highest BCUT2D eigenvalue weighted by Gasteiger charge is 2.24. The third-order valence-corrected chi connectivity index (χ3v) is 6.74. The number of carbonyl (C=O) groups is 1. The maximum atomic E-state index is 12.3. The number of piperidine rings is 1. The second-order valence-corrected chi connectivity index (χ2v) is 9.02. The summed E-state index contributed by atoms with van der Waals surface area (Å²) in [5.74, 6) is 1.43. The molecular weight excluding hydrogens is 382 g/mol. The minimum atomic E-state index is -0.153. The van der Waals surface area contributed by atoms with Gasteiger partial charge in [-0.3, -0.25) is 0 Å². The van der Waals surface area contributed by atoms with Gasteiger partial charge in [-0.25, -0.2) is 14.8 Å². The van der Waals surface area contributed by atoms with Crippen LogP contribution in [0.25, 0.3) is 10.2 Å². The zero-order valence-electron chi connectivity index (χ0n) is 17.2. The molecule has 1 aromatic carbocycles. The lowest BCUT2D eigenvalue weighted by Crippen LogP contribution is -2.42. The fraction of sp³-hybridized carbons (Fsp3) is 0.409. The molecule has 2 N–H and O–H groups in total. The van der Waals surface area contributed by atoms with Crippen molar-refractivity contribution in [2.75, 3.05) is 29.9 Å². The number of anilines is 2. The maximum Gasteiger partial charge on any atom is 0.319 e. The van der Waals surface area contributed by atoms with Gasteiger partial charge in [-0.15, -0.1) is 11.3 Å². The van der Waals surface area contributed by atoms with Crippen LogP contribution < -0.4 is 15.5 Å². The quantitative estimate of drug-likeness (QED) is 0.658. The van der Waals surface area contributed by atoms with E-state index in [1.807, 2.05) is 31.2 Å². The average Bonchev–Trinajstić information content (AvgIpc) is 3.02. The summed E-state index contributed by atoms with van der Waals surface area (Å²) in [7, 11) is 0. The smallest absolute Gasteiger partial charge is 0.319 e. The standard InChI is InChI=1S/C22H27N5OS/c1-14-6-8-18(9-7-14)26-22(28)23-11-17-5-4-10-27(12-17)20-19-15(2)16(3)29-21(19)25-13-24-20/h6-9,13,17H,4-5,10-12H2,1-3H3,(H2,23,26,28)/t17-/m0/s1. The molecule has 29 heavy (non-hydrogen) atoms. The van der Waals surface area contributed by atoms with Crippen LogP contribution in [0.2, 0.25) is 0 Å². The van der Waals surface area contributed by atoms with Crippen molar-refractivity contribution in [3.05, 3.63) is 46.6 Å². The number of nitrogens with zero attached hydrogens (tertiary/aromatic N) is 3. The van der Waals surface area contributed by atoms with Crippen LogP contribution >= 0.6 is 11.3 Å². The molecule has 2 amide bonds. The third-order valence-electron chi connectivity index (χ3n) is 5.62. The summed E-state index contributed by atoms with van der Waals surface area (Å²) in [5.41, 5.74) is 3.26. The minimum absolute atomic E-state index is 0.153. The van der Waals surface area contributed by atoms with E-state index in [1.54, 1.807) is 17.7 Å². The number of aromatic nitrogens is 2. The highest BCUT2D eigenvalue weighted by Crippen LogP contribution is 2.35. The van der Waals surface area contributed by atoms with Gasteiger partial charge in [0.1, 0.15) is 17.0 Å². The van der Waals surface area contributed by atoms with Crippen molar-refractivity contribution in [3.63, 3.8) is 0 Å². The number of thiophene rings is 1. The molecule has 1 aliphatic rings. The minimum Gasteiger partial charge on any atom is -0.356 e. The van der Waals surface area contributed by atoms with Gasteiger partial charge < -0.3 is 15.5 Å². The monoisotopic (exact) mass is 409 g/mol. The number of hydrogen-bond donors (Lipinski definition) is 2. The lowest BCUT2D eigenvalue weighted by atomic mass is 9.97. The van der Waals surface area contributed by atoms with Gasteiger partial charge in [0, 0.05) is 30.2 Å². The van der Waals surface area contributed by atoms with Crippen molar-refractivity contribution in [3.8, 4) is 0 Å². The van der Waals surface area contributed by atoms with Gasteiger partial charge >= 0.3 is 6.03 Å². The first kappa shape index (κ1) is 19.6. The molecular formula is C22H27N5OS. The number of aryl methyl sites for hydroxylation is 3. The van der Waals surface area contributed by atoms with Crippen LogP contribution in [0.3, 0.4) is 0 Å². The normalized spacial score (nSPS) is 16.8. The number of nitrogens with one attached hydrogen (secondary N) is 2. The molecule has 1 fully saturated rings. The first-order valence-corrected chi connectivity index (χ1v) is 10.9. The number of fused-ring (bicyclic) bond motifs is 1. The maximum absolute atomic E-state index is 12.3. The van der Waals surface area contributed by atoms with Gasteiger partial charge in [0.05, 0.1) is 5.39 Å². The summed E-state index contributed by atoms with van der Waals surface area (Å²) in [6.07, 6.45) is 3.88. The van der Waals surface area contributed by atoms with Crippen LogP contribution in [0.1, 0.15) is 28.8 Å². The molecule has 152 valence electrons. The molecule has 2 aromatic heterocycles. The number of hydrogen-bond acceptors (Lipinski definition) is 5. The Bertz CT molecular complexity index is 1010. The first-order chi connectivity index (χ1) is 14.0. The molecule has 0 radical (unpaired) electrons. The van der Waals surface area contributed by atoms with Crippen molar-refractivity contribution in [1.29, 1.82) is 0 Å². The molecule has 0 saturated carbocycles. The van der Waals surface area contributed by atoms with E-state index in [9.17, 15) is 4.79 Å². The van der Waals surface area contributed by atoms with Gasteiger partial charge in [0.2, 0.25) is 0 Å². The van der Waals surface area contributed by atoms with Crippen LogP contribution in [-0.4, -0.2) is 35.6 Å². The highest BCUT2D eigenvalue weighted by atomic mass is 32.1. The second kappa shape index (κ2) is 8.37. The van der Waals surface area contributed by atoms with E-state index < -0.39 is 0 Å². The molecule has 7 heteroatoms. The average molecular weight is 410 g/mol. The fourth-order valence-corrected chi connectivity index (χ4v) is 4.87. The van der Waals surface area contributed by atoms with E-state index in [1.165, 1.54) is 21.4 Å². The Morgan fingerprint density at radius 1 is 1.21 bits per heavy atom. The molecule has 1 atom stereocenters. The van der Waals surface area contributed by atoms with Crippen molar-refractivity contribution in [1.82, 2.24) is 15.3 Å².